The largest absolute Gasteiger partial charge is 0.395 e. The molecule has 3 atom stereocenters. The number of hydrogen-bond acceptors (Lipinski definition) is 6. The lowest BCUT2D eigenvalue weighted by molar-refractivity contribution is -0.139. The monoisotopic (exact) mass is 674 g/mol. The molecule has 0 aliphatic carbocycles. The van der Waals surface area contributed by atoms with Gasteiger partial charge >= 0.3 is 0 Å². The number of aliphatic hydroxyl groups is 2. The third-order valence-corrected chi connectivity index (χ3v) is 8.95. The second kappa shape index (κ2) is 14.5. The summed E-state index contributed by atoms with van der Waals surface area (Å²) < 4.78 is 0.728. The zero-order chi connectivity index (χ0) is 32.0. The first-order chi connectivity index (χ1) is 21.7. The molecule has 1 saturated heterocycles. The smallest absolute Gasteiger partial charge is 0.264 e. The number of amides is 3. The van der Waals surface area contributed by atoms with Crippen LogP contribution >= 0.6 is 15.9 Å². The quantitative estimate of drug-likeness (QED) is 0.210. The molecule has 3 amide bonds. The number of aliphatic hydroxyl groups excluding tert-OH is 1. The molecule has 3 aromatic carbocycles. The van der Waals surface area contributed by atoms with Crippen molar-refractivity contribution in [3.63, 3.8) is 0 Å². The Morgan fingerprint density at radius 1 is 1.13 bits per heavy atom. The van der Waals surface area contributed by atoms with Crippen molar-refractivity contribution in [3.8, 4) is 0 Å². The number of anilines is 2. The number of fused-ring (bicyclic) bond motifs is 1. The summed E-state index contributed by atoms with van der Waals surface area (Å²) in [4.78, 5) is 42.9. The number of carbonyl (C=O) groups is 3. The molecule has 3 aromatic rings. The van der Waals surface area contributed by atoms with Crippen LogP contribution in [0, 0.1) is 5.92 Å². The summed E-state index contributed by atoms with van der Waals surface area (Å²) >= 11 is 3.49. The summed E-state index contributed by atoms with van der Waals surface area (Å²) in [6, 6.07) is 22.1. The highest BCUT2D eigenvalue weighted by Gasteiger charge is 2.52. The molecule has 0 bridgehead atoms. The Balaban J connectivity index is 1.31. The molecule has 10 heteroatoms. The van der Waals surface area contributed by atoms with E-state index in [2.05, 4.69) is 26.6 Å². The topological polar surface area (TPSA) is 122 Å². The fraction of sp³-hybridized carbons (Fsp3) is 0.343. The highest BCUT2D eigenvalue weighted by atomic mass is 79.9. The number of nitrogens with one attached hydrogen (secondary N) is 2. The van der Waals surface area contributed by atoms with Crippen molar-refractivity contribution in [1.82, 2.24) is 10.2 Å². The van der Waals surface area contributed by atoms with Crippen molar-refractivity contribution in [1.29, 1.82) is 0 Å². The van der Waals surface area contributed by atoms with E-state index >= 15 is 0 Å². The maximum atomic E-state index is 14.0. The van der Waals surface area contributed by atoms with Gasteiger partial charge in [0.25, 0.3) is 5.91 Å². The second-order valence-corrected chi connectivity index (χ2v) is 12.5. The Bertz CT molecular complexity index is 1560. The summed E-state index contributed by atoms with van der Waals surface area (Å²) in [7, 11) is 0. The number of halogens is 1. The number of hydrogen-bond donors (Lipinski definition) is 4. The van der Waals surface area contributed by atoms with E-state index in [1.54, 1.807) is 34.9 Å². The highest BCUT2D eigenvalue weighted by molar-refractivity contribution is 9.10. The molecular weight excluding hydrogens is 636 g/mol. The molecule has 1 fully saturated rings. The van der Waals surface area contributed by atoms with Gasteiger partial charge in [-0.05, 0) is 60.8 Å². The molecule has 5 rings (SSSR count). The van der Waals surface area contributed by atoms with Gasteiger partial charge in [0, 0.05) is 41.2 Å². The van der Waals surface area contributed by atoms with Crippen LogP contribution in [0.1, 0.15) is 42.9 Å². The Labute approximate surface area is 272 Å². The molecule has 2 heterocycles. The van der Waals surface area contributed by atoms with Crippen LogP contribution in [0.4, 0.5) is 11.4 Å². The molecule has 236 valence electrons. The first kappa shape index (κ1) is 32.6. The van der Waals surface area contributed by atoms with E-state index in [4.69, 9.17) is 0 Å². The van der Waals surface area contributed by atoms with Gasteiger partial charge in [0.05, 0.1) is 24.9 Å². The first-order valence-corrected chi connectivity index (χ1v) is 16.1. The summed E-state index contributed by atoms with van der Waals surface area (Å²) in [5.41, 5.74) is 1.63. The van der Waals surface area contributed by atoms with E-state index in [0.717, 1.165) is 35.0 Å². The average Bonchev–Trinajstić information content (AvgIpc) is 3.65. The lowest BCUT2D eigenvalue weighted by atomic mass is 9.83. The molecule has 0 unspecified atom stereocenters. The average molecular weight is 676 g/mol. The van der Waals surface area contributed by atoms with Crippen LogP contribution in [-0.4, -0.2) is 58.6 Å². The van der Waals surface area contributed by atoms with Crippen molar-refractivity contribution in [2.24, 2.45) is 5.92 Å². The fourth-order valence-corrected chi connectivity index (χ4v) is 6.36. The molecule has 4 N–H and O–H groups in total. The van der Waals surface area contributed by atoms with Crippen molar-refractivity contribution in [2.75, 3.05) is 29.9 Å². The summed E-state index contributed by atoms with van der Waals surface area (Å²) in [5, 5.41) is 27.7. The van der Waals surface area contributed by atoms with Gasteiger partial charge in [0.15, 0.2) is 5.60 Å². The minimum absolute atomic E-state index is 0.0609. The third-order valence-electron chi connectivity index (χ3n) is 8.46. The zero-order valence-corrected chi connectivity index (χ0v) is 26.9. The van der Waals surface area contributed by atoms with E-state index in [1.807, 2.05) is 66.7 Å². The van der Waals surface area contributed by atoms with Gasteiger partial charge in [0.1, 0.15) is 0 Å². The normalized spacial score (nSPS) is 20.0. The van der Waals surface area contributed by atoms with Gasteiger partial charge in [-0.1, -0.05) is 77.5 Å². The van der Waals surface area contributed by atoms with E-state index in [0.29, 0.717) is 23.5 Å². The van der Waals surface area contributed by atoms with Crippen LogP contribution in [-0.2, 0) is 33.1 Å². The van der Waals surface area contributed by atoms with Crippen LogP contribution < -0.4 is 15.5 Å². The van der Waals surface area contributed by atoms with Gasteiger partial charge in [-0.25, -0.2) is 0 Å². The van der Waals surface area contributed by atoms with Gasteiger partial charge in [0.2, 0.25) is 11.8 Å². The molecule has 45 heavy (non-hydrogen) atoms. The summed E-state index contributed by atoms with van der Waals surface area (Å²) in [6.45, 7) is 3.22. The summed E-state index contributed by atoms with van der Waals surface area (Å²) in [5.74, 6) is -1.36. The number of benzene rings is 3. The standard InChI is InChI=1S/C35H39BrN4O5/c1-24(8-5-14-32(42)39(18-19-41)22-25-9-3-2-4-10-25)35(45)29-21-27(36)15-16-31(29)40(34(35)44)23-26-11-6-12-28(20-26)38-33(43)30-13-7-17-37-30/h2-6,8-12,15-16,20-21,24,30,37,41,45H,7,13-14,17-19,22-23H2,1H3,(H,38,43)/b8-5+/t24-,30-,35+/m1/s1. The molecule has 0 spiro atoms. The van der Waals surface area contributed by atoms with Gasteiger partial charge in [-0.15, -0.1) is 0 Å². The van der Waals surface area contributed by atoms with Gasteiger partial charge in [-0.2, -0.15) is 0 Å². The Kier molecular flexibility index (Phi) is 10.5. The van der Waals surface area contributed by atoms with Crippen LogP contribution in [0.25, 0.3) is 0 Å². The molecule has 0 radical (unpaired) electrons. The van der Waals surface area contributed by atoms with Crippen molar-refractivity contribution in [2.45, 2.75) is 50.9 Å². The van der Waals surface area contributed by atoms with E-state index in [-0.39, 0.29) is 44.0 Å². The molecule has 2 aliphatic rings. The number of nitrogens with zero attached hydrogens (tertiary/aromatic N) is 2. The van der Waals surface area contributed by atoms with Crippen molar-refractivity contribution < 1.29 is 24.6 Å². The van der Waals surface area contributed by atoms with Crippen LogP contribution in [0.15, 0.2) is 89.4 Å². The molecular formula is C35H39BrN4O5. The number of carbonyl (C=O) groups excluding carboxylic acids is 3. The zero-order valence-electron chi connectivity index (χ0n) is 25.3. The fourth-order valence-electron chi connectivity index (χ4n) is 6.00. The summed E-state index contributed by atoms with van der Waals surface area (Å²) in [6.07, 6.45) is 5.21. The predicted octanol–water partition coefficient (Wildman–Crippen LogP) is 4.48. The SMILES string of the molecule is C[C@H](/C=C/CC(=O)N(CCO)Cc1ccccc1)[C@@]1(O)C(=O)N(Cc2cccc(NC(=O)[C@H]3CCCN3)c2)c2ccc(Br)cc21. The van der Waals surface area contributed by atoms with Crippen LogP contribution in [0.5, 0.6) is 0 Å². The minimum Gasteiger partial charge on any atom is -0.395 e. The van der Waals surface area contributed by atoms with Gasteiger partial charge < -0.3 is 30.6 Å². The van der Waals surface area contributed by atoms with Crippen molar-refractivity contribution in [3.05, 3.63) is 106 Å². The maximum Gasteiger partial charge on any atom is 0.264 e. The predicted molar refractivity (Wildman–Crippen MR) is 177 cm³/mol. The first-order valence-electron chi connectivity index (χ1n) is 15.3. The molecule has 0 saturated carbocycles. The number of rotatable bonds is 12. The second-order valence-electron chi connectivity index (χ2n) is 11.6. The maximum absolute atomic E-state index is 14.0. The Hall–Kier alpha value is -3.83. The Morgan fingerprint density at radius 2 is 1.91 bits per heavy atom. The lowest BCUT2D eigenvalue weighted by Crippen LogP contribution is -2.44. The Morgan fingerprint density at radius 3 is 2.64 bits per heavy atom. The third kappa shape index (κ3) is 7.36. The van der Waals surface area contributed by atoms with Crippen LogP contribution in [0.2, 0.25) is 0 Å². The molecule has 0 aromatic heterocycles. The highest BCUT2D eigenvalue weighted by Crippen LogP contribution is 2.46. The molecule has 2 aliphatic heterocycles. The molecule has 9 nitrogen and oxygen atoms in total. The van der Waals surface area contributed by atoms with Crippen molar-refractivity contribution >= 4 is 45.0 Å². The van der Waals surface area contributed by atoms with Gasteiger partial charge in [-0.3, -0.25) is 14.4 Å². The van der Waals surface area contributed by atoms with E-state index < -0.39 is 17.4 Å². The van der Waals surface area contributed by atoms with Crippen LogP contribution in [0.3, 0.4) is 0 Å². The van der Waals surface area contributed by atoms with E-state index in [1.165, 1.54) is 0 Å². The minimum atomic E-state index is -1.85. The van der Waals surface area contributed by atoms with E-state index in [9.17, 15) is 24.6 Å². The lowest BCUT2D eigenvalue weighted by Gasteiger charge is -2.28.